The lowest BCUT2D eigenvalue weighted by Crippen LogP contribution is -2.57. The molecular weight excluding hydrogens is 358 g/mol. The summed E-state index contributed by atoms with van der Waals surface area (Å²) in [6.45, 7) is 0.371. The Balaban J connectivity index is 1.59. The minimum atomic E-state index is -1.28. The number of nitrogens with zero attached hydrogens (tertiary/aromatic N) is 3. The smallest absolute Gasteiger partial charge is 0.314 e. The molecule has 28 heavy (non-hydrogen) atoms. The van der Waals surface area contributed by atoms with Crippen molar-refractivity contribution in [2.45, 2.75) is 31.8 Å². The molecule has 148 valence electrons. The third-order valence-corrected chi connectivity index (χ3v) is 6.01. The van der Waals surface area contributed by atoms with Gasteiger partial charge in [0.25, 0.3) is 5.91 Å². The van der Waals surface area contributed by atoms with E-state index in [0.717, 1.165) is 18.4 Å². The predicted octanol–water partition coefficient (Wildman–Crippen LogP) is 2.17. The number of hydrogen-bond donors (Lipinski definition) is 2. The molecule has 1 aliphatic carbocycles. The van der Waals surface area contributed by atoms with Gasteiger partial charge >= 0.3 is 5.97 Å². The standard InChI is InChI=1S/C21H25N3O4/c1-23-17(11-16(22-23)15-5-3-2-4-6-15)19(26)24-10-9-18(25)21(13-24,20(27)28)12-14-7-8-14/h2-6,11,14,18,25H,7-10,12-13H2,1H3,(H,27,28)/t18-,21-/m1/s1. The van der Waals surface area contributed by atoms with Crippen LogP contribution in [-0.4, -0.2) is 56.0 Å². The van der Waals surface area contributed by atoms with Crippen LogP contribution in [0.2, 0.25) is 0 Å². The summed E-state index contributed by atoms with van der Waals surface area (Å²) in [6.07, 6.45) is 1.76. The van der Waals surface area contributed by atoms with E-state index in [-0.39, 0.29) is 18.9 Å². The number of aromatic nitrogens is 2. The van der Waals surface area contributed by atoms with Crippen molar-refractivity contribution in [3.63, 3.8) is 0 Å². The maximum Gasteiger partial charge on any atom is 0.314 e. The first-order chi connectivity index (χ1) is 13.4. The van der Waals surface area contributed by atoms with Gasteiger partial charge in [-0.3, -0.25) is 14.3 Å². The van der Waals surface area contributed by atoms with Crippen LogP contribution in [0.5, 0.6) is 0 Å². The molecule has 0 spiro atoms. The number of carbonyl (C=O) groups excluding carboxylic acids is 1. The molecule has 1 amide bonds. The molecule has 7 nitrogen and oxygen atoms in total. The molecule has 7 heteroatoms. The van der Waals surface area contributed by atoms with E-state index in [9.17, 15) is 19.8 Å². The van der Waals surface area contributed by atoms with E-state index in [4.69, 9.17) is 0 Å². The van der Waals surface area contributed by atoms with Crippen molar-refractivity contribution >= 4 is 11.9 Å². The number of carboxylic acid groups (broad SMARTS) is 1. The van der Waals surface area contributed by atoms with Gasteiger partial charge in [0.2, 0.25) is 0 Å². The Labute approximate surface area is 163 Å². The molecule has 2 aliphatic rings. The Hall–Kier alpha value is -2.67. The number of aliphatic hydroxyl groups excluding tert-OH is 1. The lowest BCUT2D eigenvalue weighted by Gasteiger charge is -2.43. The van der Waals surface area contributed by atoms with Crippen LogP contribution in [0.15, 0.2) is 36.4 Å². The van der Waals surface area contributed by atoms with E-state index < -0.39 is 17.5 Å². The lowest BCUT2D eigenvalue weighted by molar-refractivity contribution is -0.163. The molecule has 1 aliphatic heterocycles. The number of hydrogen-bond acceptors (Lipinski definition) is 4. The Bertz CT molecular complexity index is 890. The number of rotatable bonds is 5. The molecular formula is C21H25N3O4. The maximum atomic E-state index is 13.2. The molecule has 2 aromatic rings. The molecule has 0 radical (unpaired) electrons. The van der Waals surface area contributed by atoms with Gasteiger partial charge in [0.1, 0.15) is 11.1 Å². The molecule has 1 saturated carbocycles. The number of piperidine rings is 1. The van der Waals surface area contributed by atoms with Crippen molar-refractivity contribution in [2.24, 2.45) is 18.4 Å². The molecule has 2 heterocycles. The maximum absolute atomic E-state index is 13.2. The van der Waals surface area contributed by atoms with E-state index >= 15 is 0 Å². The highest BCUT2D eigenvalue weighted by molar-refractivity contribution is 5.94. The summed E-state index contributed by atoms with van der Waals surface area (Å²) in [7, 11) is 1.72. The molecule has 0 bridgehead atoms. The van der Waals surface area contributed by atoms with Gasteiger partial charge in [-0.15, -0.1) is 0 Å². The Morgan fingerprint density at radius 3 is 2.57 bits per heavy atom. The van der Waals surface area contributed by atoms with Gasteiger partial charge in [0.05, 0.1) is 11.8 Å². The number of benzene rings is 1. The van der Waals surface area contributed by atoms with Gasteiger partial charge in [-0.25, -0.2) is 0 Å². The number of aliphatic hydroxyl groups is 1. The fourth-order valence-electron chi connectivity index (χ4n) is 4.17. The summed E-state index contributed by atoms with van der Waals surface area (Å²) in [4.78, 5) is 26.8. The molecule has 2 fully saturated rings. The van der Waals surface area contributed by atoms with E-state index in [0.29, 0.717) is 30.3 Å². The number of likely N-dealkylation sites (tertiary alicyclic amines) is 1. The largest absolute Gasteiger partial charge is 0.481 e. The van der Waals surface area contributed by atoms with Crippen LogP contribution in [0.3, 0.4) is 0 Å². The first-order valence-electron chi connectivity index (χ1n) is 9.71. The average molecular weight is 383 g/mol. The van der Waals surface area contributed by atoms with Crippen molar-refractivity contribution in [1.82, 2.24) is 14.7 Å². The van der Waals surface area contributed by atoms with Crippen LogP contribution in [0, 0.1) is 11.3 Å². The molecule has 1 aromatic carbocycles. The van der Waals surface area contributed by atoms with Gasteiger partial charge < -0.3 is 15.1 Å². The van der Waals surface area contributed by atoms with E-state index in [1.807, 2.05) is 30.3 Å². The molecule has 2 atom stereocenters. The van der Waals surface area contributed by atoms with E-state index in [1.54, 1.807) is 22.7 Å². The number of aryl methyl sites for hydroxylation is 1. The minimum Gasteiger partial charge on any atom is -0.481 e. The van der Waals surface area contributed by atoms with Crippen LogP contribution >= 0.6 is 0 Å². The third-order valence-electron chi connectivity index (χ3n) is 6.01. The van der Waals surface area contributed by atoms with Crippen molar-refractivity contribution in [3.05, 3.63) is 42.1 Å². The third kappa shape index (κ3) is 3.30. The number of amides is 1. The molecule has 4 rings (SSSR count). The van der Waals surface area contributed by atoms with Gasteiger partial charge in [-0.1, -0.05) is 43.2 Å². The van der Waals surface area contributed by atoms with Gasteiger partial charge in [0, 0.05) is 25.7 Å². The highest BCUT2D eigenvalue weighted by atomic mass is 16.4. The normalized spacial score (nSPS) is 24.9. The quantitative estimate of drug-likeness (QED) is 0.825. The second-order valence-corrected chi connectivity index (χ2v) is 8.04. The zero-order valence-electron chi connectivity index (χ0n) is 15.9. The summed E-state index contributed by atoms with van der Waals surface area (Å²) < 4.78 is 1.54. The summed E-state index contributed by atoms with van der Waals surface area (Å²) in [5, 5.41) is 24.9. The number of aliphatic carboxylic acids is 1. The van der Waals surface area contributed by atoms with Crippen LogP contribution in [0.4, 0.5) is 0 Å². The zero-order valence-corrected chi connectivity index (χ0v) is 15.9. The monoisotopic (exact) mass is 383 g/mol. The Morgan fingerprint density at radius 1 is 1.21 bits per heavy atom. The van der Waals surface area contributed by atoms with Gasteiger partial charge in [-0.2, -0.15) is 5.10 Å². The highest BCUT2D eigenvalue weighted by Crippen LogP contribution is 2.45. The highest BCUT2D eigenvalue weighted by Gasteiger charge is 2.52. The van der Waals surface area contributed by atoms with E-state index in [1.165, 1.54) is 0 Å². The second-order valence-electron chi connectivity index (χ2n) is 8.04. The van der Waals surface area contributed by atoms with Crippen molar-refractivity contribution in [3.8, 4) is 11.3 Å². The SMILES string of the molecule is Cn1nc(-c2ccccc2)cc1C(=O)N1CC[C@@H](O)[C@](CC2CC2)(C(=O)O)C1. The van der Waals surface area contributed by atoms with Crippen molar-refractivity contribution in [2.75, 3.05) is 13.1 Å². The van der Waals surface area contributed by atoms with E-state index in [2.05, 4.69) is 5.10 Å². The predicted molar refractivity (Wildman–Crippen MR) is 103 cm³/mol. The van der Waals surface area contributed by atoms with Crippen LogP contribution < -0.4 is 0 Å². The zero-order chi connectivity index (χ0) is 19.9. The molecule has 1 aromatic heterocycles. The second kappa shape index (κ2) is 7.05. The number of carbonyl (C=O) groups is 2. The summed E-state index contributed by atoms with van der Waals surface area (Å²) >= 11 is 0. The first kappa shape index (κ1) is 18.7. The Kier molecular flexibility index (Phi) is 4.71. The minimum absolute atomic E-state index is 0.0324. The summed E-state index contributed by atoms with van der Waals surface area (Å²) in [5.74, 6) is -0.924. The van der Waals surface area contributed by atoms with Gasteiger partial charge in [-0.05, 0) is 24.8 Å². The molecule has 1 saturated heterocycles. The van der Waals surface area contributed by atoms with Crippen LogP contribution in [0.1, 0.15) is 36.2 Å². The first-order valence-corrected chi connectivity index (χ1v) is 9.71. The Morgan fingerprint density at radius 2 is 1.93 bits per heavy atom. The topological polar surface area (TPSA) is 95.7 Å². The van der Waals surface area contributed by atoms with Crippen LogP contribution in [-0.2, 0) is 11.8 Å². The van der Waals surface area contributed by atoms with Crippen LogP contribution in [0.25, 0.3) is 11.3 Å². The summed E-state index contributed by atoms with van der Waals surface area (Å²) in [6, 6.07) is 11.3. The van der Waals surface area contributed by atoms with Gasteiger partial charge in [0.15, 0.2) is 0 Å². The fourth-order valence-corrected chi connectivity index (χ4v) is 4.17. The number of carboxylic acids is 1. The lowest BCUT2D eigenvalue weighted by atomic mass is 9.73. The molecule has 0 unspecified atom stereocenters. The summed E-state index contributed by atoms with van der Waals surface area (Å²) in [5.41, 5.74) is 0.752. The fraction of sp³-hybridized carbons (Fsp3) is 0.476. The average Bonchev–Trinajstić information content (AvgIpc) is 3.42. The van der Waals surface area contributed by atoms with Crippen molar-refractivity contribution < 1.29 is 19.8 Å². The molecule has 2 N–H and O–H groups in total. The van der Waals surface area contributed by atoms with Crippen molar-refractivity contribution in [1.29, 1.82) is 0 Å².